The summed E-state index contributed by atoms with van der Waals surface area (Å²) in [6.07, 6.45) is 4.83. The predicted molar refractivity (Wildman–Crippen MR) is 83.7 cm³/mol. The van der Waals surface area contributed by atoms with E-state index in [1.54, 1.807) is 6.07 Å². The van der Waals surface area contributed by atoms with Gasteiger partial charge in [-0.2, -0.15) is 0 Å². The number of rotatable bonds is 2. The molecule has 0 spiro atoms. The number of hydrogen-bond donors (Lipinski definition) is 0. The number of aryl methyl sites for hydroxylation is 1. The highest BCUT2D eigenvalue weighted by molar-refractivity contribution is 6.29. The van der Waals surface area contributed by atoms with Crippen molar-refractivity contribution in [1.82, 2.24) is 14.8 Å². The van der Waals surface area contributed by atoms with Gasteiger partial charge in [-0.15, -0.1) is 0 Å². The number of hydrogen-bond acceptors (Lipinski definition) is 3. The van der Waals surface area contributed by atoms with Crippen molar-refractivity contribution < 1.29 is 4.79 Å². The number of likely N-dealkylation sites (tertiary alicyclic amines) is 2. The van der Waals surface area contributed by atoms with E-state index < -0.39 is 0 Å². The third-order valence-corrected chi connectivity index (χ3v) is 4.77. The van der Waals surface area contributed by atoms with Crippen molar-refractivity contribution in [3.05, 3.63) is 28.5 Å². The molecule has 21 heavy (non-hydrogen) atoms. The first kappa shape index (κ1) is 14.8. The summed E-state index contributed by atoms with van der Waals surface area (Å²) in [6.45, 7) is 6.02. The molecule has 2 aliphatic rings. The van der Waals surface area contributed by atoms with Crippen LogP contribution in [-0.4, -0.2) is 52.9 Å². The molecule has 114 valence electrons. The lowest BCUT2D eigenvalue weighted by Gasteiger charge is -2.36. The minimum atomic E-state index is 0.0854. The van der Waals surface area contributed by atoms with Crippen LogP contribution in [0.1, 0.15) is 41.7 Å². The van der Waals surface area contributed by atoms with E-state index >= 15 is 0 Å². The minimum Gasteiger partial charge on any atom is -0.339 e. The maximum absolute atomic E-state index is 12.6. The molecule has 1 aromatic rings. The van der Waals surface area contributed by atoms with Crippen molar-refractivity contribution in [2.24, 2.45) is 0 Å². The molecule has 2 aliphatic heterocycles. The fourth-order valence-electron chi connectivity index (χ4n) is 3.47. The number of aromatic nitrogens is 1. The maximum Gasteiger partial charge on any atom is 0.254 e. The average molecular weight is 308 g/mol. The van der Waals surface area contributed by atoms with Crippen LogP contribution in [0.4, 0.5) is 0 Å². The molecular weight excluding hydrogens is 286 g/mol. The molecule has 1 amide bonds. The highest BCUT2D eigenvalue weighted by atomic mass is 35.5. The molecule has 1 aromatic heterocycles. The first-order chi connectivity index (χ1) is 10.1. The van der Waals surface area contributed by atoms with E-state index in [2.05, 4.69) is 9.88 Å². The monoisotopic (exact) mass is 307 g/mol. The van der Waals surface area contributed by atoms with E-state index in [-0.39, 0.29) is 5.91 Å². The normalized spacial score (nSPS) is 21.0. The third kappa shape index (κ3) is 3.38. The van der Waals surface area contributed by atoms with Crippen LogP contribution in [0.25, 0.3) is 0 Å². The van der Waals surface area contributed by atoms with Gasteiger partial charge in [-0.3, -0.25) is 4.79 Å². The van der Waals surface area contributed by atoms with Crippen molar-refractivity contribution in [2.45, 2.75) is 38.6 Å². The lowest BCUT2D eigenvalue weighted by Crippen LogP contribution is -2.45. The van der Waals surface area contributed by atoms with Crippen LogP contribution >= 0.6 is 11.6 Å². The van der Waals surface area contributed by atoms with Gasteiger partial charge in [0.2, 0.25) is 0 Å². The van der Waals surface area contributed by atoms with Crippen molar-refractivity contribution in [3.8, 4) is 0 Å². The van der Waals surface area contributed by atoms with Crippen LogP contribution in [0.15, 0.2) is 12.1 Å². The topological polar surface area (TPSA) is 36.4 Å². The highest BCUT2D eigenvalue weighted by Crippen LogP contribution is 2.22. The molecule has 5 heteroatoms. The summed E-state index contributed by atoms with van der Waals surface area (Å²) in [5.41, 5.74) is 1.45. The van der Waals surface area contributed by atoms with E-state index in [1.807, 2.05) is 17.9 Å². The molecule has 0 radical (unpaired) electrons. The number of halogens is 1. The summed E-state index contributed by atoms with van der Waals surface area (Å²) in [5.74, 6) is 0.0854. The van der Waals surface area contributed by atoms with Gasteiger partial charge in [-0.1, -0.05) is 11.6 Å². The Morgan fingerprint density at radius 2 is 1.86 bits per heavy atom. The molecule has 0 aromatic carbocycles. The molecule has 0 bridgehead atoms. The fraction of sp³-hybridized carbons (Fsp3) is 0.625. The maximum atomic E-state index is 12.6. The Kier molecular flexibility index (Phi) is 4.45. The number of pyridine rings is 1. The van der Waals surface area contributed by atoms with Crippen LogP contribution in [0.2, 0.25) is 5.15 Å². The van der Waals surface area contributed by atoms with Crippen molar-refractivity contribution in [1.29, 1.82) is 0 Å². The van der Waals surface area contributed by atoms with Crippen molar-refractivity contribution in [3.63, 3.8) is 0 Å². The van der Waals surface area contributed by atoms with E-state index in [1.165, 1.54) is 25.9 Å². The molecule has 0 N–H and O–H groups in total. The van der Waals surface area contributed by atoms with Gasteiger partial charge in [-0.05, 0) is 57.8 Å². The number of carbonyl (C=O) groups excluding carboxylic acids is 1. The first-order valence-corrected chi connectivity index (χ1v) is 8.19. The lowest BCUT2D eigenvalue weighted by molar-refractivity contribution is 0.0644. The van der Waals surface area contributed by atoms with Gasteiger partial charge in [-0.25, -0.2) is 4.98 Å². The fourth-order valence-corrected chi connectivity index (χ4v) is 3.73. The Hall–Kier alpha value is -1.13. The summed E-state index contributed by atoms with van der Waals surface area (Å²) < 4.78 is 0. The second-order valence-corrected chi connectivity index (χ2v) is 6.47. The first-order valence-electron chi connectivity index (χ1n) is 7.81. The number of carbonyl (C=O) groups is 1. The smallest absolute Gasteiger partial charge is 0.254 e. The number of piperidine rings is 1. The number of amides is 1. The van der Waals surface area contributed by atoms with Crippen molar-refractivity contribution >= 4 is 17.5 Å². The summed E-state index contributed by atoms with van der Waals surface area (Å²) in [4.78, 5) is 21.2. The highest BCUT2D eigenvalue weighted by Gasteiger charge is 2.28. The summed E-state index contributed by atoms with van der Waals surface area (Å²) in [7, 11) is 0. The molecule has 2 saturated heterocycles. The van der Waals surface area contributed by atoms with Gasteiger partial charge < -0.3 is 9.80 Å². The largest absolute Gasteiger partial charge is 0.339 e. The van der Waals surface area contributed by atoms with Crippen LogP contribution in [0.3, 0.4) is 0 Å². The second kappa shape index (κ2) is 6.32. The lowest BCUT2D eigenvalue weighted by atomic mass is 10.0. The van der Waals surface area contributed by atoms with Crippen LogP contribution in [0.5, 0.6) is 0 Å². The van der Waals surface area contributed by atoms with Gasteiger partial charge in [0, 0.05) is 30.4 Å². The standard InChI is InChI=1S/C16H22ClN3O/c1-12-10-13(11-15(17)18-12)16(21)20-8-4-14(5-9-20)19-6-2-3-7-19/h10-11,14H,2-9H2,1H3. The average Bonchev–Trinajstić information content (AvgIpc) is 3.00. The molecule has 3 heterocycles. The Labute approximate surface area is 131 Å². The van der Waals surface area contributed by atoms with E-state index in [9.17, 15) is 4.79 Å². The second-order valence-electron chi connectivity index (χ2n) is 6.09. The molecule has 0 atom stereocenters. The molecule has 0 unspecified atom stereocenters. The number of nitrogens with zero attached hydrogens (tertiary/aromatic N) is 3. The summed E-state index contributed by atoms with van der Waals surface area (Å²) in [5, 5.41) is 0.394. The molecular formula is C16H22ClN3O. The molecule has 2 fully saturated rings. The molecule has 3 rings (SSSR count). The van der Waals surface area contributed by atoms with E-state index in [0.29, 0.717) is 16.8 Å². The summed E-state index contributed by atoms with van der Waals surface area (Å²) in [6, 6.07) is 4.16. The zero-order valence-corrected chi connectivity index (χ0v) is 13.3. The van der Waals surface area contributed by atoms with Crippen LogP contribution < -0.4 is 0 Å². The van der Waals surface area contributed by atoms with Gasteiger partial charge in [0.25, 0.3) is 5.91 Å². The van der Waals surface area contributed by atoms with Gasteiger partial charge >= 0.3 is 0 Å². The molecule has 4 nitrogen and oxygen atoms in total. The predicted octanol–water partition coefficient (Wildman–Crippen LogP) is 2.74. The zero-order valence-electron chi connectivity index (χ0n) is 12.5. The molecule has 0 saturated carbocycles. The third-order valence-electron chi connectivity index (χ3n) is 4.58. The summed E-state index contributed by atoms with van der Waals surface area (Å²) >= 11 is 5.95. The Balaban J connectivity index is 1.62. The van der Waals surface area contributed by atoms with Crippen molar-refractivity contribution in [2.75, 3.05) is 26.2 Å². The van der Waals surface area contributed by atoms with E-state index in [0.717, 1.165) is 31.6 Å². The van der Waals surface area contributed by atoms with E-state index in [4.69, 9.17) is 11.6 Å². The Bertz CT molecular complexity index is 500. The Morgan fingerprint density at radius 1 is 1.19 bits per heavy atom. The minimum absolute atomic E-state index is 0.0854. The quantitative estimate of drug-likeness (QED) is 0.788. The van der Waals surface area contributed by atoms with Gasteiger partial charge in [0.05, 0.1) is 0 Å². The zero-order chi connectivity index (χ0) is 14.8. The van der Waals surface area contributed by atoms with Gasteiger partial charge in [0.15, 0.2) is 0 Å². The van der Waals surface area contributed by atoms with Crippen LogP contribution in [-0.2, 0) is 0 Å². The van der Waals surface area contributed by atoms with Gasteiger partial charge in [0.1, 0.15) is 5.15 Å². The Morgan fingerprint density at radius 3 is 2.48 bits per heavy atom. The molecule has 0 aliphatic carbocycles. The SMILES string of the molecule is Cc1cc(C(=O)N2CCC(N3CCCC3)CC2)cc(Cl)n1. The van der Waals surface area contributed by atoms with Crippen LogP contribution in [0, 0.1) is 6.92 Å².